The van der Waals surface area contributed by atoms with Crippen molar-refractivity contribution in [2.45, 2.75) is 248 Å². The fraction of sp³-hybridized carbons (Fsp3) is 0.878. The first-order chi connectivity index (χ1) is 31.0. The second-order valence-electron chi connectivity index (χ2n) is 17.6. The quantitative estimate of drug-likeness (QED) is 0.0203. The third kappa shape index (κ3) is 25.2. The lowest BCUT2D eigenvalue weighted by Gasteiger charge is -2.42. The highest BCUT2D eigenvalue weighted by molar-refractivity contribution is 5.70. The fourth-order valence-corrected chi connectivity index (χ4v) is 7.73. The lowest BCUT2D eigenvalue weighted by atomic mass is 9.98. The highest BCUT2D eigenvalue weighted by Crippen LogP contribution is 2.26. The van der Waals surface area contributed by atoms with E-state index in [1.54, 1.807) is 0 Å². The molecule has 0 aromatic heterocycles. The summed E-state index contributed by atoms with van der Waals surface area (Å²) in [7, 11) is 0. The Balaban J connectivity index is 1.83. The number of carbonyl (C=O) groups is 2. The van der Waals surface area contributed by atoms with Crippen molar-refractivity contribution < 1.29 is 73.8 Å². The molecule has 2 rings (SSSR count). The van der Waals surface area contributed by atoms with Crippen LogP contribution in [0.1, 0.15) is 181 Å². The van der Waals surface area contributed by atoms with E-state index in [2.05, 4.69) is 38.2 Å². The first kappa shape index (κ1) is 58.1. The lowest BCUT2D eigenvalue weighted by Crippen LogP contribution is -2.61. The summed E-state index contributed by atoms with van der Waals surface area (Å²) in [5.74, 6) is -0.942. The minimum atomic E-state index is -1.76. The molecule has 0 spiro atoms. The van der Waals surface area contributed by atoms with Crippen molar-refractivity contribution in [3.63, 3.8) is 0 Å². The van der Waals surface area contributed by atoms with E-state index < -0.39 is 92.7 Å². The maximum Gasteiger partial charge on any atom is 0.306 e. The highest BCUT2D eigenvalue weighted by atomic mass is 16.7. The van der Waals surface area contributed by atoms with Gasteiger partial charge in [-0.15, -0.1) is 0 Å². The molecule has 0 aliphatic carbocycles. The van der Waals surface area contributed by atoms with Crippen LogP contribution in [0, 0.1) is 0 Å². The fourth-order valence-electron chi connectivity index (χ4n) is 7.73. The summed E-state index contributed by atoms with van der Waals surface area (Å²) < 4.78 is 33.5. The van der Waals surface area contributed by atoms with Gasteiger partial charge in [0.05, 0.1) is 19.8 Å². The van der Waals surface area contributed by atoms with Crippen LogP contribution in [0.15, 0.2) is 24.3 Å². The number of esters is 2. The average molecular weight is 917 g/mol. The number of aliphatic hydroxyl groups excluding tert-OH is 7. The Labute approximate surface area is 383 Å². The largest absolute Gasteiger partial charge is 0.462 e. The van der Waals surface area contributed by atoms with Crippen LogP contribution < -0.4 is 0 Å². The molecule has 11 atom stereocenters. The molecule has 7 N–H and O–H groups in total. The van der Waals surface area contributed by atoms with Gasteiger partial charge < -0.3 is 64.2 Å². The number of ether oxygens (including phenoxy) is 6. The van der Waals surface area contributed by atoms with Gasteiger partial charge in [-0.3, -0.25) is 9.59 Å². The molecule has 64 heavy (non-hydrogen) atoms. The van der Waals surface area contributed by atoms with Crippen molar-refractivity contribution in [1.29, 1.82) is 0 Å². The Morgan fingerprint density at radius 3 is 1.38 bits per heavy atom. The summed E-state index contributed by atoms with van der Waals surface area (Å²) in [5, 5.41) is 72.0. The van der Waals surface area contributed by atoms with Gasteiger partial charge in [0.25, 0.3) is 0 Å². The molecule has 0 saturated carbocycles. The van der Waals surface area contributed by atoms with Crippen LogP contribution in [-0.2, 0) is 38.0 Å². The van der Waals surface area contributed by atoms with Crippen molar-refractivity contribution in [2.24, 2.45) is 0 Å². The summed E-state index contributed by atoms with van der Waals surface area (Å²) in [4.78, 5) is 25.7. The molecule has 2 heterocycles. The molecule has 4 unspecified atom stereocenters. The molecule has 374 valence electrons. The van der Waals surface area contributed by atoms with Gasteiger partial charge in [-0.1, -0.05) is 128 Å². The maximum absolute atomic E-state index is 13.0. The molecule has 2 saturated heterocycles. The number of rotatable bonds is 38. The minimum Gasteiger partial charge on any atom is -0.462 e. The SMILES string of the molecule is CCCCCCC/C=C/CCCCCCCC(=O)OC[C@H](CO[C@@H]1O[C@H](CO[C@@H]2O[C@H](CO)[C@H](O)C(O)C2O)[C@H](O)C(O)C1O)OC(=O)CCCCCCC/C=C/CCCCCCC. The van der Waals surface area contributed by atoms with Crippen LogP contribution in [-0.4, -0.2) is 142 Å². The molecule has 0 aromatic rings. The van der Waals surface area contributed by atoms with Crippen LogP contribution >= 0.6 is 0 Å². The molecule has 0 aromatic carbocycles. The van der Waals surface area contributed by atoms with Gasteiger partial charge in [-0.05, 0) is 64.2 Å². The van der Waals surface area contributed by atoms with E-state index in [9.17, 15) is 45.3 Å². The molecule has 0 bridgehead atoms. The molecule has 2 aliphatic rings. The van der Waals surface area contributed by atoms with E-state index in [1.165, 1.54) is 64.2 Å². The van der Waals surface area contributed by atoms with Crippen LogP contribution in [0.3, 0.4) is 0 Å². The number of hydrogen-bond donors (Lipinski definition) is 7. The van der Waals surface area contributed by atoms with Gasteiger partial charge in [0, 0.05) is 12.8 Å². The van der Waals surface area contributed by atoms with E-state index >= 15 is 0 Å². The average Bonchev–Trinajstić information content (AvgIpc) is 3.29. The van der Waals surface area contributed by atoms with Crippen LogP contribution in [0.4, 0.5) is 0 Å². The molecule has 0 amide bonds. The predicted molar refractivity (Wildman–Crippen MR) is 243 cm³/mol. The predicted octanol–water partition coefficient (Wildman–Crippen LogP) is 6.38. The smallest absolute Gasteiger partial charge is 0.306 e. The van der Waals surface area contributed by atoms with E-state index in [1.807, 2.05) is 0 Å². The molecule has 2 fully saturated rings. The monoisotopic (exact) mass is 917 g/mol. The number of hydrogen-bond acceptors (Lipinski definition) is 15. The van der Waals surface area contributed by atoms with Gasteiger partial charge in [0.2, 0.25) is 0 Å². The van der Waals surface area contributed by atoms with E-state index in [4.69, 9.17) is 28.4 Å². The van der Waals surface area contributed by atoms with E-state index in [0.717, 1.165) is 77.0 Å². The summed E-state index contributed by atoms with van der Waals surface area (Å²) in [6, 6.07) is 0. The zero-order chi connectivity index (χ0) is 46.8. The van der Waals surface area contributed by atoms with Gasteiger partial charge in [0.15, 0.2) is 18.7 Å². The number of aliphatic hydroxyl groups is 7. The molecule has 15 nitrogen and oxygen atoms in total. The molecule has 15 heteroatoms. The number of carbonyl (C=O) groups excluding carboxylic acids is 2. The topological polar surface area (TPSA) is 231 Å². The van der Waals surface area contributed by atoms with E-state index in [0.29, 0.717) is 12.8 Å². The highest BCUT2D eigenvalue weighted by Gasteiger charge is 2.47. The maximum atomic E-state index is 13.0. The van der Waals surface area contributed by atoms with Crippen molar-refractivity contribution in [2.75, 3.05) is 26.4 Å². The molecular formula is C49H88O15. The zero-order valence-electron chi connectivity index (χ0n) is 39.3. The normalized spacial score (nSPS) is 26.8. The Morgan fingerprint density at radius 2 is 0.891 bits per heavy atom. The third-order valence-corrected chi connectivity index (χ3v) is 11.9. The summed E-state index contributed by atoms with van der Waals surface area (Å²) in [6.07, 6.45) is 19.2. The van der Waals surface area contributed by atoms with Gasteiger partial charge in [-0.25, -0.2) is 0 Å². The molecule has 0 radical (unpaired) electrons. The van der Waals surface area contributed by atoms with Gasteiger partial charge >= 0.3 is 11.9 Å². The summed E-state index contributed by atoms with van der Waals surface area (Å²) in [6.45, 7) is 2.55. The Morgan fingerprint density at radius 1 is 0.484 bits per heavy atom. The first-order valence-corrected chi connectivity index (χ1v) is 24.9. The van der Waals surface area contributed by atoms with Crippen molar-refractivity contribution in [3.8, 4) is 0 Å². The van der Waals surface area contributed by atoms with Gasteiger partial charge in [0.1, 0.15) is 55.4 Å². The zero-order valence-corrected chi connectivity index (χ0v) is 39.3. The van der Waals surface area contributed by atoms with Gasteiger partial charge in [-0.2, -0.15) is 0 Å². The molecular weight excluding hydrogens is 829 g/mol. The molecule has 2 aliphatic heterocycles. The number of allylic oxidation sites excluding steroid dienone is 4. The van der Waals surface area contributed by atoms with Crippen LogP contribution in [0.2, 0.25) is 0 Å². The second kappa shape index (κ2) is 37.0. The lowest BCUT2D eigenvalue weighted by molar-refractivity contribution is -0.332. The van der Waals surface area contributed by atoms with Crippen molar-refractivity contribution >= 4 is 11.9 Å². The standard InChI is InChI=1S/C49H88O15/c1-3-5-7-9-11-13-15-17-19-21-23-25-27-29-31-40(51)59-34-37(62-41(52)32-30-28-26-24-22-20-18-16-14-12-10-8-6-4-2)35-60-48-47(58)45(56)43(54)39(64-48)36-61-49-46(57)44(55)42(53)38(33-50)63-49/h15-18,37-39,42-50,53-58H,3-14,19-36H2,1-2H3/b17-15+,18-16+/t37-,38-,39-,42+,43+,44?,45?,46?,47?,48-,49-/m1/s1. The van der Waals surface area contributed by atoms with Crippen molar-refractivity contribution in [3.05, 3.63) is 24.3 Å². The third-order valence-electron chi connectivity index (χ3n) is 11.9. The van der Waals surface area contributed by atoms with Crippen LogP contribution in [0.5, 0.6) is 0 Å². The number of unbranched alkanes of at least 4 members (excludes halogenated alkanes) is 20. The Kier molecular flexibility index (Phi) is 33.6. The van der Waals surface area contributed by atoms with Crippen molar-refractivity contribution in [1.82, 2.24) is 0 Å². The van der Waals surface area contributed by atoms with E-state index in [-0.39, 0.29) is 26.1 Å². The second-order valence-corrected chi connectivity index (χ2v) is 17.6. The Bertz CT molecular complexity index is 1220. The summed E-state index contributed by atoms with van der Waals surface area (Å²) in [5.41, 5.74) is 0. The minimum absolute atomic E-state index is 0.155. The van der Waals surface area contributed by atoms with Crippen LogP contribution in [0.25, 0.3) is 0 Å². The first-order valence-electron chi connectivity index (χ1n) is 24.9. The summed E-state index contributed by atoms with van der Waals surface area (Å²) >= 11 is 0. The Hall–Kier alpha value is -2.02.